The molecule has 1 saturated heterocycles. The Labute approximate surface area is 171 Å². The lowest BCUT2D eigenvalue weighted by Gasteiger charge is -2.33. The summed E-state index contributed by atoms with van der Waals surface area (Å²) in [7, 11) is -3.64. The van der Waals surface area contributed by atoms with Gasteiger partial charge in [0.05, 0.1) is 4.90 Å². The molecule has 2 aliphatic rings. The molecule has 1 aliphatic carbocycles. The summed E-state index contributed by atoms with van der Waals surface area (Å²) in [4.78, 5) is 25.3. The number of nitrogens with one attached hydrogen (secondary N) is 1. The smallest absolute Gasteiger partial charge is 0.251 e. The summed E-state index contributed by atoms with van der Waals surface area (Å²) in [5.74, 6) is 0.190. The average Bonchev–Trinajstić information content (AvgIpc) is 3.51. The standard InChI is InChI=1S/C18H26N4O4S.ClH/c1-13(23)21-8-10-22(11-9-21)27(25,26)16-6-4-15(5-7-16)18(24)20-12-17(19)14-2-3-14;/h4-7,14,17H,2-3,8-12,19H2,1H3,(H,20,24);1H. The first kappa shape index (κ1) is 22.6. The van der Waals surface area contributed by atoms with Gasteiger partial charge in [0, 0.05) is 51.3 Å². The third kappa shape index (κ3) is 5.22. The number of hydrogen-bond donors (Lipinski definition) is 2. The van der Waals surface area contributed by atoms with E-state index in [2.05, 4.69) is 5.32 Å². The van der Waals surface area contributed by atoms with Crippen LogP contribution in [0.15, 0.2) is 29.2 Å². The van der Waals surface area contributed by atoms with Crippen molar-refractivity contribution in [3.63, 3.8) is 0 Å². The first-order valence-electron chi connectivity index (χ1n) is 9.18. The number of nitrogens with zero attached hydrogens (tertiary/aromatic N) is 2. The van der Waals surface area contributed by atoms with Gasteiger partial charge in [-0.25, -0.2) is 8.42 Å². The molecule has 1 aliphatic heterocycles. The van der Waals surface area contributed by atoms with Gasteiger partial charge in [-0.1, -0.05) is 0 Å². The van der Waals surface area contributed by atoms with Gasteiger partial charge in [0.15, 0.2) is 0 Å². The second kappa shape index (κ2) is 9.21. The molecule has 2 amide bonds. The number of rotatable bonds is 6. The highest BCUT2D eigenvalue weighted by atomic mass is 35.5. The van der Waals surface area contributed by atoms with Crippen molar-refractivity contribution in [1.82, 2.24) is 14.5 Å². The molecule has 1 aromatic carbocycles. The topological polar surface area (TPSA) is 113 Å². The third-order valence-electron chi connectivity index (χ3n) is 5.16. The fourth-order valence-electron chi connectivity index (χ4n) is 3.17. The molecule has 1 saturated carbocycles. The quantitative estimate of drug-likeness (QED) is 0.679. The van der Waals surface area contributed by atoms with E-state index in [1.54, 1.807) is 4.90 Å². The predicted molar refractivity (Wildman–Crippen MR) is 108 cm³/mol. The minimum absolute atomic E-state index is 0. The Bertz CT molecular complexity index is 803. The van der Waals surface area contributed by atoms with Crippen LogP contribution in [-0.4, -0.2) is 68.2 Å². The van der Waals surface area contributed by atoms with Crippen molar-refractivity contribution in [2.75, 3.05) is 32.7 Å². The summed E-state index contributed by atoms with van der Waals surface area (Å²) in [5, 5.41) is 2.80. The van der Waals surface area contributed by atoms with E-state index < -0.39 is 10.0 Å². The van der Waals surface area contributed by atoms with Crippen LogP contribution < -0.4 is 11.1 Å². The second-order valence-electron chi connectivity index (χ2n) is 7.15. The van der Waals surface area contributed by atoms with Gasteiger partial charge in [0.1, 0.15) is 0 Å². The van der Waals surface area contributed by atoms with Crippen LogP contribution in [0.25, 0.3) is 0 Å². The van der Waals surface area contributed by atoms with Gasteiger partial charge in [-0.2, -0.15) is 4.31 Å². The predicted octanol–water partition coefficient (Wildman–Crippen LogP) is 0.428. The van der Waals surface area contributed by atoms with Crippen molar-refractivity contribution in [1.29, 1.82) is 0 Å². The van der Waals surface area contributed by atoms with Gasteiger partial charge in [-0.15, -0.1) is 12.4 Å². The van der Waals surface area contributed by atoms with E-state index in [0.29, 0.717) is 31.1 Å². The number of amides is 2. The van der Waals surface area contributed by atoms with E-state index in [-0.39, 0.29) is 48.2 Å². The van der Waals surface area contributed by atoms with Crippen LogP contribution in [0.5, 0.6) is 0 Å². The molecule has 0 aromatic heterocycles. The minimum atomic E-state index is -3.64. The number of nitrogens with two attached hydrogens (primary N) is 1. The maximum absolute atomic E-state index is 12.7. The molecule has 3 rings (SSSR count). The fraction of sp³-hybridized carbons (Fsp3) is 0.556. The summed E-state index contributed by atoms with van der Waals surface area (Å²) in [6, 6.07) is 5.89. The lowest BCUT2D eigenvalue weighted by Crippen LogP contribution is -2.49. The molecule has 1 heterocycles. The lowest BCUT2D eigenvalue weighted by atomic mass is 10.2. The zero-order chi connectivity index (χ0) is 19.6. The summed E-state index contributed by atoms with van der Waals surface area (Å²) < 4.78 is 26.9. The average molecular weight is 431 g/mol. The van der Waals surface area contributed by atoms with E-state index in [1.807, 2.05) is 0 Å². The Kier molecular flexibility index (Phi) is 7.44. The molecule has 2 fully saturated rings. The van der Waals surface area contributed by atoms with Crippen molar-refractivity contribution < 1.29 is 18.0 Å². The van der Waals surface area contributed by atoms with Gasteiger partial charge in [0.2, 0.25) is 15.9 Å². The van der Waals surface area contributed by atoms with Gasteiger partial charge >= 0.3 is 0 Å². The summed E-state index contributed by atoms with van der Waals surface area (Å²) in [5.41, 5.74) is 6.37. The van der Waals surface area contributed by atoms with Crippen molar-refractivity contribution >= 4 is 34.2 Å². The van der Waals surface area contributed by atoms with Crippen molar-refractivity contribution in [3.05, 3.63) is 29.8 Å². The Morgan fingerprint density at radius 1 is 1.14 bits per heavy atom. The molecular weight excluding hydrogens is 404 g/mol. The molecule has 8 nitrogen and oxygen atoms in total. The molecule has 0 radical (unpaired) electrons. The summed E-state index contributed by atoms with van der Waals surface area (Å²) in [6.07, 6.45) is 2.23. The van der Waals surface area contributed by atoms with E-state index in [0.717, 1.165) is 12.8 Å². The molecule has 3 N–H and O–H groups in total. The number of benzene rings is 1. The maximum Gasteiger partial charge on any atom is 0.251 e. The Balaban J connectivity index is 0.00000280. The first-order chi connectivity index (χ1) is 12.8. The highest BCUT2D eigenvalue weighted by Gasteiger charge is 2.30. The third-order valence-corrected chi connectivity index (χ3v) is 7.08. The monoisotopic (exact) mass is 430 g/mol. The largest absolute Gasteiger partial charge is 0.350 e. The first-order valence-corrected chi connectivity index (χ1v) is 10.6. The highest BCUT2D eigenvalue weighted by Crippen LogP contribution is 2.31. The van der Waals surface area contributed by atoms with Crippen LogP contribution in [0.3, 0.4) is 0 Å². The van der Waals surface area contributed by atoms with Gasteiger partial charge in [-0.05, 0) is 43.0 Å². The van der Waals surface area contributed by atoms with Crippen LogP contribution in [-0.2, 0) is 14.8 Å². The molecule has 28 heavy (non-hydrogen) atoms. The molecule has 10 heteroatoms. The molecule has 0 spiro atoms. The van der Waals surface area contributed by atoms with E-state index in [9.17, 15) is 18.0 Å². The number of carbonyl (C=O) groups excluding carboxylic acids is 2. The minimum Gasteiger partial charge on any atom is -0.350 e. The fourth-order valence-corrected chi connectivity index (χ4v) is 4.60. The zero-order valence-electron chi connectivity index (χ0n) is 15.8. The molecule has 1 atom stereocenters. The van der Waals surface area contributed by atoms with E-state index >= 15 is 0 Å². The SMILES string of the molecule is CC(=O)N1CCN(S(=O)(=O)c2ccc(C(=O)NCC(N)C3CC3)cc2)CC1.Cl. The van der Waals surface area contributed by atoms with E-state index in [4.69, 9.17) is 5.73 Å². The number of hydrogen-bond acceptors (Lipinski definition) is 5. The van der Waals surface area contributed by atoms with Gasteiger partial charge < -0.3 is 16.0 Å². The zero-order valence-corrected chi connectivity index (χ0v) is 17.5. The molecule has 156 valence electrons. The Hall–Kier alpha value is -1.68. The van der Waals surface area contributed by atoms with Crippen LogP contribution >= 0.6 is 12.4 Å². The lowest BCUT2D eigenvalue weighted by molar-refractivity contribution is -0.129. The van der Waals surface area contributed by atoms with Crippen molar-refractivity contribution in [2.24, 2.45) is 11.7 Å². The van der Waals surface area contributed by atoms with Crippen LogP contribution in [0.1, 0.15) is 30.1 Å². The second-order valence-corrected chi connectivity index (χ2v) is 9.08. The molecule has 0 bridgehead atoms. The molecule has 1 unspecified atom stereocenters. The Morgan fingerprint density at radius 3 is 2.21 bits per heavy atom. The number of piperazine rings is 1. The maximum atomic E-state index is 12.7. The van der Waals surface area contributed by atoms with Crippen molar-refractivity contribution in [3.8, 4) is 0 Å². The number of sulfonamides is 1. The van der Waals surface area contributed by atoms with Crippen LogP contribution in [0.2, 0.25) is 0 Å². The molecule has 1 aromatic rings. The molecular formula is C18H27ClN4O4S. The Morgan fingerprint density at radius 2 is 1.71 bits per heavy atom. The summed E-state index contributed by atoms with van der Waals surface area (Å²) in [6.45, 7) is 3.20. The normalized spacial score (nSPS) is 18.9. The summed E-state index contributed by atoms with van der Waals surface area (Å²) >= 11 is 0. The number of halogens is 1. The van der Waals surface area contributed by atoms with Crippen molar-refractivity contribution in [2.45, 2.75) is 30.7 Å². The van der Waals surface area contributed by atoms with Crippen LogP contribution in [0, 0.1) is 5.92 Å². The number of carbonyl (C=O) groups is 2. The highest BCUT2D eigenvalue weighted by molar-refractivity contribution is 7.89. The van der Waals surface area contributed by atoms with E-state index in [1.165, 1.54) is 35.5 Å². The van der Waals surface area contributed by atoms with Gasteiger partial charge in [0.25, 0.3) is 5.91 Å². The van der Waals surface area contributed by atoms with Crippen LogP contribution in [0.4, 0.5) is 0 Å². The van der Waals surface area contributed by atoms with Gasteiger partial charge in [-0.3, -0.25) is 9.59 Å².